The van der Waals surface area contributed by atoms with Gasteiger partial charge in [0.1, 0.15) is 0 Å². The van der Waals surface area contributed by atoms with Crippen molar-refractivity contribution < 1.29 is 4.74 Å². The Bertz CT molecular complexity index is 337. The Kier molecular flexibility index (Phi) is 5.15. The summed E-state index contributed by atoms with van der Waals surface area (Å²) in [5.41, 5.74) is 7.04. The minimum atomic E-state index is -0.311. The number of nitrogens with two attached hydrogens (primary N) is 1. The summed E-state index contributed by atoms with van der Waals surface area (Å²) >= 11 is 0. The number of nitrogens with zero attached hydrogens (tertiary/aromatic N) is 2. The van der Waals surface area contributed by atoms with Crippen LogP contribution in [0.5, 0.6) is 0 Å². The van der Waals surface area contributed by atoms with Crippen LogP contribution in [0.2, 0.25) is 0 Å². The third-order valence-electron chi connectivity index (χ3n) is 3.30. The highest BCUT2D eigenvalue weighted by molar-refractivity contribution is 5.14. The molecule has 0 spiro atoms. The van der Waals surface area contributed by atoms with E-state index in [0.717, 1.165) is 24.9 Å². The van der Waals surface area contributed by atoms with Crippen LogP contribution in [0, 0.1) is 0 Å². The van der Waals surface area contributed by atoms with Gasteiger partial charge in [-0.25, -0.2) is 0 Å². The van der Waals surface area contributed by atoms with E-state index in [-0.39, 0.29) is 11.6 Å². The molecule has 1 heterocycles. The molecule has 0 saturated carbocycles. The Balaban J connectivity index is 2.81. The van der Waals surface area contributed by atoms with Crippen molar-refractivity contribution in [1.29, 1.82) is 0 Å². The number of rotatable bonds is 7. The maximum atomic E-state index is 6.30. The van der Waals surface area contributed by atoms with Crippen molar-refractivity contribution in [3.05, 3.63) is 18.0 Å². The molecule has 0 fully saturated rings. The van der Waals surface area contributed by atoms with Crippen LogP contribution in [0.15, 0.2) is 12.4 Å². The van der Waals surface area contributed by atoms with Crippen LogP contribution >= 0.6 is 0 Å². The highest BCUT2D eigenvalue weighted by Crippen LogP contribution is 2.29. The Labute approximate surface area is 104 Å². The van der Waals surface area contributed by atoms with Gasteiger partial charge in [0, 0.05) is 24.9 Å². The van der Waals surface area contributed by atoms with Crippen molar-refractivity contribution in [2.24, 2.45) is 5.73 Å². The molecule has 4 heteroatoms. The molecular formula is C13H25N3O. The van der Waals surface area contributed by atoms with Gasteiger partial charge in [-0.05, 0) is 26.7 Å². The van der Waals surface area contributed by atoms with Gasteiger partial charge in [-0.3, -0.25) is 4.68 Å². The second kappa shape index (κ2) is 6.17. The summed E-state index contributed by atoms with van der Waals surface area (Å²) in [6.45, 7) is 9.93. The monoisotopic (exact) mass is 239 g/mol. The smallest absolute Gasteiger partial charge is 0.0844 e. The van der Waals surface area contributed by atoms with Gasteiger partial charge < -0.3 is 10.5 Å². The lowest BCUT2D eigenvalue weighted by Gasteiger charge is -2.33. The normalized spacial score (nSPS) is 16.8. The van der Waals surface area contributed by atoms with E-state index in [1.54, 1.807) is 0 Å². The number of ether oxygens (including phenoxy) is 1. The molecule has 98 valence electrons. The van der Waals surface area contributed by atoms with Crippen LogP contribution < -0.4 is 5.73 Å². The van der Waals surface area contributed by atoms with E-state index in [1.807, 2.05) is 24.0 Å². The van der Waals surface area contributed by atoms with E-state index in [4.69, 9.17) is 10.5 Å². The third-order valence-corrected chi connectivity index (χ3v) is 3.30. The SMILES string of the molecule is CCCn1cc(C(N)C(C)(CC)OCC)cn1. The first-order valence-electron chi connectivity index (χ1n) is 6.49. The fourth-order valence-electron chi connectivity index (χ4n) is 1.99. The second-order valence-electron chi connectivity index (χ2n) is 4.61. The summed E-state index contributed by atoms with van der Waals surface area (Å²) in [5, 5.41) is 4.32. The van der Waals surface area contributed by atoms with E-state index in [1.165, 1.54) is 0 Å². The number of aryl methyl sites for hydroxylation is 1. The minimum Gasteiger partial charge on any atom is -0.374 e. The highest BCUT2D eigenvalue weighted by Gasteiger charge is 2.32. The average Bonchev–Trinajstić information content (AvgIpc) is 2.77. The van der Waals surface area contributed by atoms with Crippen LogP contribution in [0.3, 0.4) is 0 Å². The van der Waals surface area contributed by atoms with Gasteiger partial charge >= 0.3 is 0 Å². The molecule has 0 aromatic carbocycles. The van der Waals surface area contributed by atoms with Crippen LogP contribution in [0.1, 0.15) is 52.1 Å². The van der Waals surface area contributed by atoms with Gasteiger partial charge in [0.05, 0.1) is 17.8 Å². The van der Waals surface area contributed by atoms with Crippen molar-refractivity contribution in [1.82, 2.24) is 9.78 Å². The maximum Gasteiger partial charge on any atom is 0.0844 e. The second-order valence-corrected chi connectivity index (χ2v) is 4.61. The Morgan fingerprint density at radius 2 is 2.18 bits per heavy atom. The zero-order chi connectivity index (χ0) is 12.9. The molecule has 2 atom stereocenters. The maximum absolute atomic E-state index is 6.30. The lowest BCUT2D eigenvalue weighted by Crippen LogP contribution is -2.40. The summed E-state index contributed by atoms with van der Waals surface area (Å²) in [6.07, 6.45) is 5.85. The summed E-state index contributed by atoms with van der Waals surface area (Å²) in [4.78, 5) is 0. The first-order chi connectivity index (χ1) is 8.07. The Hall–Kier alpha value is -0.870. The Morgan fingerprint density at radius 1 is 1.47 bits per heavy atom. The van der Waals surface area contributed by atoms with Gasteiger partial charge in [-0.15, -0.1) is 0 Å². The van der Waals surface area contributed by atoms with Gasteiger partial charge in [0.15, 0.2) is 0 Å². The lowest BCUT2D eigenvalue weighted by molar-refractivity contribution is -0.0472. The zero-order valence-electron chi connectivity index (χ0n) is 11.4. The Morgan fingerprint density at radius 3 is 2.71 bits per heavy atom. The fourth-order valence-corrected chi connectivity index (χ4v) is 1.99. The van der Waals surface area contributed by atoms with Crippen molar-refractivity contribution in [2.75, 3.05) is 6.61 Å². The molecule has 2 N–H and O–H groups in total. The molecule has 1 aromatic heterocycles. The number of hydrogen-bond donors (Lipinski definition) is 1. The first kappa shape index (κ1) is 14.2. The van der Waals surface area contributed by atoms with E-state index in [9.17, 15) is 0 Å². The van der Waals surface area contributed by atoms with Crippen LogP contribution in [0.25, 0.3) is 0 Å². The molecule has 0 saturated heterocycles. The highest BCUT2D eigenvalue weighted by atomic mass is 16.5. The fraction of sp³-hybridized carbons (Fsp3) is 0.769. The average molecular weight is 239 g/mol. The van der Waals surface area contributed by atoms with Crippen LogP contribution in [-0.2, 0) is 11.3 Å². The van der Waals surface area contributed by atoms with Gasteiger partial charge in [0.2, 0.25) is 0 Å². The third kappa shape index (κ3) is 3.30. The summed E-state index contributed by atoms with van der Waals surface area (Å²) in [6, 6.07) is -0.127. The predicted octanol–water partition coefficient (Wildman–Crippen LogP) is 2.50. The minimum absolute atomic E-state index is 0.127. The van der Waals surface area contributed by atoms with Crippen molar-refractivity contribution >= 4 is 0 Å². The lowest BCUT2D eigenvalue weighted by atomic mass is 9.90. The largest absolute Gasteiger partial charge is 0.374 e. The molecule has 4 nitrogen and oxygen atoms in total. The molecule has 1 rings (SSSR count). The van der Waals surface area contributed by atoms with E-state index < -0.39 is 0 Å². The number of hydrogen-bond acceptors (Lipinski definition) is 3. The molecule has 0 aliphatic heterocycles. The van der Waals surface area contributed by atoms with Gasteiger partial charge in [-0.1, -0.05) is 13.8 Å². The summed E-state index contributed by atoms with van der Waals surface area (Å²) in [5.74, 6) is 0. The molecule has 17 heavy (non-hydrogen) atoms. The number of aromatic nitrogens is 2. The van der Waals surface area contributed by atoms with Crippen molar-refractivity contribution in [2.45, 2.75) is 58.7 Å². The zero-order valence-corrected chi connectivity index (χ0v) is 11.4. The molecule has 0 amide bonds. The van der Waals surface area contributed by atoms with Crippen molar-refractivity contribution in [3.63, 3.8) is 0 Å². The molecule has 2 unspecified atom stereocenters. The van der Waals surface area contributed by atoms with Gasteiger partial charge in [-0.2, -0.15) is 5.10 Å². The molecule has 1 aromatic rings. The molecule has 0 bridgehead atoms. The summed E-state index contributed by atoms with van der Waals surface area (Å²) in [7, 11) is 0. The van der Waals surface area contributed by atoms with E-state index >= 15 is 0 Å². The first-order valence-corrected chi connectivity index (χ1v) is 6.49. The summed E-state index contributed by atoms with van der Waals surface area (Å²) < 4.78 is 7.74. The van der Waals surface area contributed by atoms with Gasteiger partial charge in [0.25, 0.3) is 0 Å². The molecule has 0 aliphatic carbocycles. The van der Waals surface area contributed by atoms with E-state index in [2.05, 4.69) is 25.9 Å². The molecular weight excluding hydrogens is 214 g/mol. The standard InChI is InChI=1S/C13H25N3O/c1-5-8-16-10-11(9-15-16)12(14)13(4,6-2)17-7-3/h9-10,12H,5-8,14H2,1-4H3. The van der Waals surface area contributed by atoms with Crippen LogP contribution in [0.4, 0.5) is 0 Å². The quantitative estimate of drug-likeness (QED) is 0.795. The molecule has 0 aliphatic rings. The molecule has 0 radical (unpaired) electrons. The van der Waals surface area contributed by atoms with Crippen molar-refractivity contribution in [3.8, 4) is 0 Å². The van der Waals surface area contributed by atoms with E-state index in [0.29, 0.717) is 6.61 Å². The van der Waals surface area contributed by atoms with Crippen LogP contribution in [-0.4, -0.2) is 22.0 Å². The predicted molar refractivity (Wildman–Crippen MR) is 69.8 cm³/mol. The topological polar surface area (TPSA) is 53.1 Å².